The summed E-state index contributed by atoms with van der Waals surface area (Å²) >= 11 is 0. The Kier molecular flexibility index (Phi) is 5.17. The second-order valence-electron chi connectivity index (χ2n) is 5.81. The van der Waals surface area contributed by atoms with Crippen LogP contribution >= 0.6 is 0 Å². The fourth-order valence-electron chi connectivity index (χ4n) is 2.82. The maximum absolute atomic E-state index is 13.7. The van der Waals surface area contributed by atoms with Gasteiger partial charge in [0.1, 0.15) is 11.6 Å². The van der Waals surface area contributed by atoms with Crippen LogP contribution in [0.3, 0.4) is 0 Å². The van der Waals surface area contributed by atoms with E-state index in [1.807, 2.05) is 0 Å². The molecule has 0 unspecified atom stereocenters. The van der Waals surface area contributed by atoms with E-state index >= 15 is 0 Å². The van der Waals surface area contributed by atoms with Gasteiger partial charge in [-0.25, -0.2) is 4.39 Å². The van der Waals surface area contributed by atoms with E-state index in [9.17, 15) is 14.3 Å². The van der Waals surface area contributed by atoms with E-state index < -0.39 is 5.82 Å². The molecule has 5 heteroatoms. The van der Waals surface area contributed by atoms with E-state index in [1.54, 1.807) is 7.05 Å². The van der Waals surface area contributed by atoms with Gasteiger partial charge in [0.25, 0.3) is 5.91 Å². The number of nitrogens with zero attached hydrogens (tertiary/aromatic N) is 2. The SMILES string of the molecule is CN(CCN(C)C1CCCC1)C(=O)c1ccc(O)cc1F. The first-order valence-electron chi connectivity index (χ1n) is 7.43. The van der Waals surface area contributed by atoms with Gasteiger partial charge in [-0.1, -0.05) is 12.8 Å². The van der Waals surface area contributed by atoms with Gasteiger partial charge in [-0.15, -0.1) is 0 Å². The van der Waals surface area contributed by atoms with Crippen molar-refractivity contribution in [3.63, 3.8) is 0 Å². The lowest BCUT2D eigenvalue weighted by Crippen LogP contribution is -2.38. The second kappa shape index (κ2) is 6.89. The number of carbonyl (C=O) groups is 1. The van der Waals surface area contributed by atoms with Crippen molar-refractivity contribution in [2.45, 2.75) is 31.7 Å². The first kappa shape index (κ1) is 15.8. The molecular formula is C16H23FN2O2. The molecule has 1 amide bonds. The van der Waals surface area contributed by atoms with Crippen LogP contribution < -0.4 is 0 Å². The van der Waals surface area contributed by atoms with Crippen LogP contribution in [0.2, 0.25) is 0 Å². The second-order valence-corrected chi connectivity index (χ2v) is 5.81. The number of rotatable bonds is 5. The number of phenols is 1. The molecule has 4 nitrogen and oxygen atoms in total. The summed E-state index contributed by atoms with van der Waals surface area (Å²) in [5.41, 5.74) is -0.00109. The Morgan fingerprint density at radius 3 is 2.57 bits per heavy atom. The Bertz CT molecular complexity index is 501. The van der Waals surface area contributed by atoms with E-state index in [0.717, 1.165) is 12.6 Å². The number of aromatic hydroxyl groups is 1. The molecule has 0 spiro atoms. The Hall–Kier alpha value is -1.62. The zero-order valence-corrected chi connectivity index (χ0v) is 12.7. The number of amides is 1. The largest absolute Gasteiger partial charge is 0.508 e. The molecule has 1 N–H and O–H groups in total. The summed E-state index contributed by atoms with van der Waals surface area (Å²) in [6.45, 7) is 1.35. The minimum Gasteiger partial charge on any atom is -0.508 e. The monoisotopic (exact) mass is 294 g/mol. The van der Waals surface area contributed by atoms with Crippen LogP contribution in [-0.4, -0.2) is 54.0 Å². The van der Waals surface area contributed by atoms with Gasteiger partial charge in [-0.2, -0.15) is 0 Å². The molecule has 1 fully saturated rings. The fourth-order valence-corrected chi connectivity index (χ4v) is 2.82. The third-order valence-electron chi connectivity index (χ3n) is 4.27. The molecule has 0 heterocycles. The van der Waals surface area contributed by atoms with Gasteiger partial charge in [-0.3, -0.25) is 4.79 Å². The first-order chi connectivity index (χ1) is 9.99. The minimum atomic E-state index is -0.684. The van der Waals surface area contributed by atoms with E-state index in [1.165, 1.54) is 42.7 Å². The van der Waals surface area contributed by atoms with E-state index in [-0.39, 0.29) is 17.2 Å². The molecule has 1 aromatic rings. The van der Waals surface area contributed by atoms with Crippen molar-refractivity contribution in [2.24, 2.45) is 0 Å². The number of likely N-dealkylation sites (N-methyl/N-ethyl adjacent to an activating group) is 2. The Morgan fingerprint density at radius 2 is 1.95 bits per heavy atom. The lowest BCUT2D eigenvalue weighted by molar-refractivity contribution is 0.0770. The average molecular weight is 294 g/mol. The highest BCUT2D eigenvalue weighted by Gasteiger charge is 2.21. The molecule has 0 atom stereocenters. The Balaban J connectivity index is 1.90. The predicted molar refractivity (Wildman–Crippen MR) is 79.9 cm³/mol. The molecule has 2 rings (SSSR count). The van der Waals surface area contributed by atoms with Crippen LogP contribution in [-0.2, 0) is 0 Å². The van der Waals surface area contributed by atoms with Crippen LogP contribution in [0.15, 0.2) is 18.2 Å². The molecule has 0 saturated heterocycles. The summed E-state index contributed by atoms with van der Waals surface area (Å²) in [5.74, 6) is -1.21. The highest BCUT2D eigenvalue weighted by Crippen LogP contribution is 2.22. The van der Waals surface area contributed by atoms with Crippen molar-refractivity contribution in [3.05, 3.63) is 29.6 Å². The van der Waals surface area contributed by atoms with Crippen LogP contribution in [0.4, 0.5) is 4.39 Å². The van der Waals surface area contributed by atoms with Gasteiger partial charge in [0.2, 0.25) is 0 Å². The molecule has 0 bridgehead atoms. The summed E-state index contributed by atoms with van der Waals surface area (Å²) in [6.07, 6.45) is 5.01. The molecule has 1 aliphatic rings. The number of carbonyl (C=O) groups excluding carboxylic acids is 1. The van der Waals surface area contributed by atoms with Gasteiger partial charge in [0, 0.05) is 32.2 Å². The molecule has 0 aliphatic heterocycles. The van der Waals surface area contributed by atoms with Gasteiger partial charge in [-0.05, 0) is 32.0 Å². The Morgan fingerprint density at radius 1 is 1.29 bits per heavy atom. The molecule has 0 radical (unpaired) electrons. The molecular weight excluding hydrogens is 271 g/mol. The maximum Gasteiger partial charge on any atom is 0.256 e. The van der Waals surface area contributed by atoms with Crippen molar-refractivity contribution < 1.29 is 14.3 Å². The minimum absolute atomic E-state index is 0.00109. The lowest BCUT2D eigenvalue weighted by Gasteiger charge is -2.27. The highest BCUT2D eigenvalue weighted by atomic mass is 19.1. The van der Waals surface area contributed by atoms with Crippen LogP contribution in [0, 0.1) is 5.82 Å². The molecule has 1 aliphatic carbocycles. The number of benzene rings is 1. The number of hydrogen-bond donors (Lipinski definition) is 1. The molecule has 1 saturated carbocycles. The van der Waals surface area contributed by atoms with E-state index in [0.29, 0.717) is 12.6 Å². The zero-order valence-electron chi connectivity index (χ0n) is 12.7. The predicted octanol–water partition coefficient (Wildman–Crippen LogP) is 2.48. The van der Waals surface area contributed by atoms with Crippen molar-refractivity contribution in [1.82, 2.24) is 9.80 Å². The summed E-state index contributed by atoms with van der Waals surface area (Å²) in [6, 6.07) is 4.23. The topological polar surface area (TPSA) is 43.8 Å². The van der Waals surface area contributed by atoms with Crippen molar-refractivity contribution in [3.8, 4) is 5.75 Å². The first-order valence-corrected chi connectivity index (χ1v) is 7.43. The van der Waals surface area contributed by atoms with Gasteiger partial charge >= 0.3 is 0 Å². The van der Waals surface area contributed by atoms with Gasteiger partial charge in [0.15, 0.2) is 0 Å². The van der Waals surface area contributed by atoms with E-state index in [4.69, 9.17) is 0 Å². The summed E-state index contributed by atoms with van der Waals surface area (Å²) in [4.78, 5) is 16.0. The van der Waals surface area contributed by atoms with Crippen molar-refractivity contribution in [2.75, 3.05) is 27.2 Å². The quantitative estimate of drug-likeness (QED) is 0.907. The normalized spacial score (nSPS) is 15.6. The number of hydrogen-bond acceptors (Lipinski definition) is 3. The van der Waals surface area contributed by atoms with Gasteiger partial charge < -0.3 is 14.9 Å². The summed E-state index contributed by atoms with van der Waals surface area (Å²) in [5, 5.41) is 9.18. The van der Waals surface area contributed by atoms with Crippen LogP contribution in [0.1, 0.15) is 36.0 Å². The standard InChI is InChI=1S/C16H23FN2O2/c1-18(12-5-3-4-6-12)9-10-19(2)16(21)14-8-7-13(20)11-15(14)17/h7-8,11-12,20H,3-6,9-10H2,1-2H3. The third-order valence-corrected chi connectivity index (χ3v) is 4.27. The zero-order chi connectivity index (χ0) is 15.4. The maximum atomic E-state index is 13.7. The molecule has 116 valence electrons. The average Bonchev–Trinajstić information content (AvgIpc) is 2.98. The summed E-state index contributed by atoms with van der Waals surface area (Å²) < 4.78 is 13.7. The highest BCUT2D eigenvalue weighted by molar-refractivity contribution is 5.94. The number of phenolic OH excluding ortho intramolecular Hbond substituents is 1. The van der Waals surface area contributed by atoms with E-state index in [2.05, 4.69) is 11.9 Å². The van der Waals surface area contributed by atoms with Crippen molar-refractivity contribution >= 4 is 5.91 Å². The van der Waals surface area contributed by atoms with Gasteiger partial charge in [0.05, 0.1) is 5.56 Å². The Labute approximate surface area is 125 Å². The number of halogens is 1. The molecule has 0 aromatic heterocycles. The lowest BCUT2D eigenvalue weighted by atomic mass is 10.1. The summed E-state index contributed by atoms with van der Waals surface area (Å²) in [7, 11) is 3.76. The third kappa shape index (κ3) is 3.94. The van der Waals surface area contributed by atoms with Crippen LogP contribution in [0.25, 0.3) is 0 Å². The van der Waals surface area contributed by atoms with Crippen LogP contribution in [0.5, 0.6) is 5.75 Å². The fraction of sp³-hybridized carbons (Fsp3) is 0.562. The molecule has 1 aromatic carbocycles. The molecule has 21 heavy (non-hydrogen) atoms. The smallest absolute Gasteiger partial charge is 0.256 e. The van der Waals surface area contributed by atoms with Crippen molar-refractivity contribution in [1.29, 1.82) is 0 Å².